The molecule has 0 aliphatic carbocycles. The highest BCUT2D eigenvalue weighted by molar-refractivity contribution is 6.67. The molecule has 0 bridgehead atoms. The number of alkyl halides is 3. The molecular formula is C57H48Cl3NO18. The number of nitrogens with one attached hydrogen (secondary N) is 1. The molecule has 2 N–H and O–H groups in total. The lowest BCUT2D eigenvalue weighted by molar-refractivity contribution is -0.342. The largest absolute Gasteiger partial charge is 0.459 e. The first-order valence-corrected chi connectivity index (χ1v) is 25.4. The van der Waals surface area contributed by atoms with Gasteiger partial charge in [-0.3, -0.25) is 0 Å². The summed E-state index contributed by atoms with van der Waals surface area (Å²) in [5, 5.41) is 14.1. The molecule has 2 heterocycles. The van der Waals surface area contributed by atoms with Gasteiger partial charge in [-0.1, -0.05) is 144 Å². The molecule has 2 aliphatic heterocycles. The van der Waals surface area contributed by atoms with Crippen molar-refractivity contribution in [3.8, 4) is 0 Å². The van der Waals surface area contributed by atoms with Crippen LogP contribution in [0.4, 0.5) is 4.79 Å². The zero-order chi connectivity index (χ0) is 55.9. The molecule has 0 unspecified atom stereocenters. The van der Waals surface area contributed by atoms with Crippen LogP contribution in [0.2, 0.25) is 0 Å². The Bertz CT molecular complexity index is 3020. The number of aliphatic hydroxyl groups excluding tert-OH is 1. The number of amides is 1. The number of carbonyl (C=O) groups is 7. The molecular weight excluding hydrogens is 1090 g/mol. The highest BCUT2D eigenvalue weighted by Gasteiger charge is 2.58. The van der Waals surface area contributed by atoms with E-state index < -0.39 is 127 Å². The molecule has 19 nitrogen and oxygen atoms in total. The molecule has 6 aromatic carbocycles. The summed E-state index contributed by atoms with van der Waals surface area (Å²) in [6.45, 7) is -2.37. The summed E-state index contributed by atoms with van der Waals surface area (Å²) < 4.78 is 58.7. The quantitative estimate of drug-likeness (QED) is 0.0472. The van der Waals surface area contributed by atoms with Gasteiger partial charge in [-0.25, -0.2) is 33.6 Å². The van der Waals surface area contributed by atoms with Crippen LogP contribution in [0.25, 0.3) is 0 Å². The molecule has 2 aliphatic rings. The van der Waals surface area contributed by atoms with Crippen LogP contribution in [-0.4, -0.2) is 132 Å². The summed E-state index contributed by atoms with van der Waals surface area (Å²) in [6.07, 6.45) is -18.7. The molecule has 2 fully saturated rings. The van der Waals surface area contributed by atoms with Gasteiger partial charge in [-0.2, -0.15) is 0 Å². The number of ether oxygens (including phenoxy) is 10. The van der Waals surface area contributed by atoms with Gasteiger partial charge < -0.3 is 57.8 Å². The maximum atomic E-state index is 14.4. The SMILES string of the molecule is O=C(N[C@@H]1[C@@H](OC(=O)c2ccccc2)[C@H](O[C@@H]2O[C@H](COC(=O)c3ccccc3)[C@H](OC(=O)c3ccccc3)[C@H](OC(=O)c3ccccc3)[C@H]2OC(=O)c2ccccc2)[C@@H](COC(=O)c2ccccc2)O[C@@H]1O)OCC(Cl)(Cl)Cl. The van der Waals surface area contributed by atoms with Crippen molar-refractivity contribution in [1.29, 1.82) is 0 Å². The number of rotatable bonds is 18. The topological polar surface area (TPSA) is 244 Å². The minimum atomic E-state index is -2.14. The Morgan fingerprint density at radius 3 is 1.13 bits per heavy atom. The van der Waals surface area contributed by atoms with Gasteiger partial charge in [0.25, 0.3) is 0 Å². The van der Waals surface area contributed by atoms with Crippen molar-refractivity contribution in [1.82, 2.24) is 5.32 Å². The Morgan fingerprint density at radius 1 is 0.418 bits per heavy atom. The second kappa shape index (κ2) is 27.1. The summed E-state index contributed by atoms with van der Waals surface area (Å²) in [4.78, 5) is 97.9. The van der Waals surface area contributed by atoms with E-state index in [-0.39, 0.29) is 33.4 Å². The van der Waals surface area contributed by atoms with Gasteiger partial charge in [-0.05, 0) is 72.8 Å². The molecule has 2 saturated heterocycles. The summed E-state index contributed by atoms with van der Waals surface area (Å²) in [6, 6.07) is 44.0. The Hall–Kier alpha value is -7.88. The minimum absolute atomic E-state index is 0.0156. The number of aliphatic hydroxyl groups is 1. The number of carbonyl (C=O) groups excluding carboxylic acids is 7. The van der Waals surface area contributed by atoms with E-state index >= 15 is 0 Å². The van der Waals surface area contributed by atoms with E-state index in [1.165, 1.54) is 84.9 Å². The van der Waals surface area contributed by atoms with Gasteiger partial charge in [0, 0.05) is 0 Å². The van der Waals surface area contributed by atoms with Gasteiger partial charge >= 0.3 is 41.9 Å². The molecule has 0 saturated carbocycles. The van der Waals surface area contributed by atoms with Gasteiger partial charge in [0.1, 0.15) is 44.2 Å². The maximum absolute atomic E-state index is 14.4. The van der Waals surface area contributed by atoms with Crippen molar-refractivity contribution in [2.75, 3.05) is 19.8 Å². The number of hydrogen-bond donors (Lipinski definition) is 2. The summed E-state index contributed by atoms with van der Waals surface area (Å²) in [5.74, 6) is -5.89. The van der Waals surface area contributed by atoms with E-state index in [1.54, 1.807) is 97.1 Å². The maximum Gasteiger partial charge on any atom is 0.407 e. The lowest BCUT2D eigenvalue weighted by Gasteiger charge is -2.48. The van der Waals surface area contributed by atoms with E-state index in [0.717, 1.165) is 0 Å². The highest BCUT2D eigenvalue weighted by atomic mass is 35.6. The van der Waals surface area contributed by atoms with Gasteiger partial charge in [0.15, 0.2) is 37.0 Å². The molecule has 22 heteroatoms. The van der Waals surface area contributed by atoms with Gasteiger partial charge in [0.05, 0.1) is 33.4 Å². The Morgan fingerprint density at radius 2 is 0.747 bits per heavy atom. The van der Waals surface area contributed by atoms with E-state index in [1.807, 2.05) is 0 Å². The molecule has 6 aromatic rings. The summed E-state index contributed by atoms with van der Waals surface area (Å²) >= 11 is 17.6. The highest BCUT2D eigenvalue weighted by Crippen LogP contribution is 2.36. The predicted molar refractivity (Wildman–Crippen MR) is 279 cm³/mol. The number of halogens is 3. The van der Waals surface area contributed by atoms with Crippen molar-refractivity contribution in [3.05, 3.63) is 215 Å². The van der Waals surface area contributed by atoms with Crippen LogP contribution in [0.5, 0.6) is 0 Å². The summed E-state index contributed by atoms with van der Waals surface area (Å²) in [7, 11) is 0. The first-order valence-electron chi connectivity index (χ1n) is 24.2. The Labute approximate surface area is 466 Å². The molecule has 10 atom stereocenters. The third kappa shape index (κ3) is 15.7. The minimum Gasteiger partial charge on any atom is -0.459 e. The van der Waals surface area contributed by atoms with Crippen LogP contribution in [0.3, 0.4) is 0 Å². The third-order valence-electron chi connectivity index (χ3n) is 12.0. The van der Waals surface area contributed by atoms with Crippen LogP contribution in [-0.2, 0) is 47.4 Å². The number of alkyl carbamates (subject to hydrolysis) is 1. The molecule has 0 aromatic heterocycles. The molecule has 0 radical (unpaired) electrons. The summed E-state index contributed by atoms with van der Waals surface area (Å²) in [5.41, 5.74) is 0.130. The van der Waals surface area contributed by atoms with Crippen LogP contribution in [0, 0.1) is 0 Å². The zero-order valence-electron chi connectivity index (χ0n) is 41.2. The monoisotopic (exact) mass is 1140 g/mol. The van der Waals surface area contributed by atoms with Gasteiger partial charge in [0.2, 0.25) is 3.79 Å². The fraction of sp³-hybridized carbons (Fsp3) is 0.246. The average Bonchev–Trinajstić information content (AvgIpc) is 3.65. The van der Waals surface area contributed by atoms with Crippen LogP contribution >= 0.6 is 34.8 Å². The van der Waals surface area contributed by atoms with Gasteiger partial charge in [-0.15, -0.1) is 0 Å². The normalized spacial score (nSPS) is 22.6. The predicted octanol–water partition coefficient (Wildman–Crippen LogP) is 7.90. The lowest BCUT2D eigenvalue weighted by atomic mass is 9.94. The fourth-order valence-corrected chi connectivity index (χ4v) is 8.37. The lowest BCUT2D eigenvalue weighted by Crippen LogP contribution is -2.69. The average molecular weight is 1140 g/mol. The van der Waals surface area contributed by atoms with Crippen LogP contribution in [0.15, 0.2) is 182 Å². The van der Waals surface area contributed by atoms with Crippen molar-refractivity contribution >= 4 is 76.7 Å². The van der Waals surface area contributed by atoms with Crippen molar-refractivity contribution in [3.63, 3.8) is 0 Å². The number of benzene rings is 6. The van der Waals surface area contributed by atoms with E-state index in [0.29, 0.717) is 0 Å². The smallest absolute Gasteiger partial charge is 0.407 e. The molecule has 8 rings (SSSR count). The molecule has 79 heavy (non-hydrogen) atoms. The first-order chi connectivity index (χ1) is 38.1. The second-order valence-corrected chi connectivity index (χ2v) is 20.0. The van der Waals surface area contributed by atoms with Crippen molar-refractivity contribution in [2.45, 2.75) is 65.1 Å². The Balaban J connectivity index is 1.27. The standard InChI is InChI=1S/C57H48Cl3NO18/c58-57(59,60)33-72-56(69)61-42-45(76-51(65)37-25-13-4-14-26-37)43(40(73-54(42)68)31-70-48(62)34-19-7-1-8-20-34)79-55-47(78-53(67)39-29-17-6-18-30-39)46(77-52(66)38-27-15-5-16-28-38)44(75-50(64)36-23-11-3-12-24-36)41(74-55)32-71-49(63)35-21-9-2-10-22-35/h1-30,40-47,54-55,68H,31-33H2,(H,61,69)/t40-,41-,42-,43-,44+,45-,46+,47-,54+,55+/m1/s1. The molecule has 1 amide bonds. The third-order valence-corrected chi connectivity index (χ3v) is 12.3. The van der Waals surface area contributed by atoms with Crippen LogP contribution in [0.1, 0.15) is 62.1 Å². The van der Waals surface area contributed by atoms with E-state index in [4.69, 9.17) is 82.2 Å². The van der Waals surface area contributed by atoms with E-state index in [9.17, 15) is 38.7 Å². The zero-order valence-corrected chi connectivity index (χ0v) is 43.5. The number of esters is 6. The second-order valence-electron chi connectivity index (χ2n) is 17.4. The molecule has 410 valence electrons. The fourth-order valence-electron chi connectivity index (χ4n) is 8.21. The van der Waals surface area contributed by atoms with Crippen LogP contribution < -0.4 is 5.32 Å². The Kier molecular flexibility index (Phi) is 19.7. The number of hydrogen-bond acceptors (Lipinski definition) is 18. The van der Waals surface area contributed by atoms with Crippen molar-refractivity contribution < 1.29 is 86.0 Å². The first kappa shape index (κ1) is 57.3. The van der Waals surface area contributed by atoms with E-state index in [2.05, 4.69) is 5.32 Å². The molecule has 0 spiro atoms. The van der Waals surface area contributed by atoms with Crippen molar-refractivity contribution in [2.24, 2.45) is 0 Å².